The van der Waals surface area contributed by atoms with Crippen LogP contribution in [0.2, 0.25) is 0 Å². The third kappa shape index (κ3) is 2.27. The normalized spacial score (nSPS) is 10.4. The first kappa shape index (κ1) is 13.0. The number of aromatic nitrogens is 2. The molecule has 5 nitrogen and oxygen atoms in total. The zero-order valence-corrected chi connectivity index (χ0v) is 10.8. The van der Waals surface area contributed by atoms with Crippen molar-refractivity contribution in [1.29, 1.82) is 0 Å². The molecule has 1 aromatic heterocycles. The van der Waals surface area contributed by atoms with Crippen LogP contribution in [0.1, 0.15) is 22.8 Å². The maximum Gasteiger partial charge on any atom is 0.337 e. The third-order valence-electron chi connectivity index (χ3n) is 2.93. The van der Waals surface area contributed by atoms with Gasteiger partial charge in [0.05, 0.1) is 0 Å². The van der Waals surface area contributed by atoms with E-state index < -0.39 is 17.2 Å². The van der Waals surface area contributed by atoms with Crippen LogP contribution in [-0.4, -0.2) is 15.0 Å². The van der Waals surface area contributed by atoms with Crippen molar-refractivity contribution in [2.24, 2.45) is 7.05 Å². The van der Waals surface area contributed by atoms with Crippen molar-refractivity contribution in [2.75, 3.05) is 0 Å². The quantitative estimate of drug-likeness (QED) is 0.800. The lowest BCUT2D eigenvalue weighted by Crippen LogP contribution is -2.44. The molecule has 0 radical (unpaired) electrons. The number of hydrogen-bond donors (Lipinski definition) is 0. The van der Waals surface area contributed by atoms with E-state index in [0.717, 1.165) is 0 Å². The van der Waals surface area contributed by atoms with Gasteiger partial charge in [-0.25, -0.2) is 4.79 Å². The molecule has 2 rings (SSSR count). The van der Waals surface area contributed by atoms with E-state index in [1.807, 2.05) is 0 Å². The minimum Gasteiger partial charge on any atom is -0.303 e. The third-order valence-corrected chi connectivity index (χ3v) is 2.93. The smallest absolute Gasteiger partial charge is 0.303 e. The second-order valence-corrected chi connectivity index (χ2v) is 4.21. The lowest BCUT2D eigenvalue weighted by Gasteiger charge is -2.08. The van der Waals surface area contributed by atoms with Gasteiger partial charge in [0.1, 0.15) is 0 Å². The van der Waals surface area contributed by atoms with Crippen LogP contribution in [0.4, 0.5) is 0 Å². The van der Waals surface area contributed by atoms with Crippen molar-refractivity contribution in [3.63, 3.8) is 0 Å². The standard InChI is InChI=1S/C14H14N2O3/c1-3-10-9-15(2)14(19)16(12(10)17)13(18)11-7-5-4-6-8-11/h4-9H,3H2,1-2H3. The number of carbonyl (C=O) groups excluding carboxylic acids is 1. The van der Waals surface area contributed by atoms with E-state index in [1.54, 1.807) is 37.3 Å². The lowest BCUT2D eigenvalue weighted by atomic mass is 10.2. The van der Waals surface area contributed by atoms with Gasteiger partial charge in [-0.05, 0) is 18.6 Å². The van der Waals surface area contributed by atoms with Gasteiger partial charge in [0.2, 0.25) is 0 Å². The molecular weight excluding hydrogens is 244 g/mol. The Kier molecular flexibility index (Phi) is 3.46. The summed E-state index contributed by atoms with van der Waals surface area (Å²) < 4.78 is 1.94. The molecule has 0 aliphatic carbocycles. The summed E-state index contributed by atoms with van der Waals surface area (Å²) in [5.41, 5.74) is -0.420. The van der Waals surface area contributed by atoms with Crippen molar-refractivity contribution in [3.05, 3.63) is 68.5 Å². The van der Waals surface area contributed by atoms with E-state index in [2.05, 4.69) is 0 Å². The monoisotopic (exact) mass is 258 g/mol. The van der Waals surface area contributed by atoms with Crippen molar-refractivity contribution < 1.29 is 4.79 Å². The van der Waals surface area contributed by atoms with E-state index in [1.165, 1.54) is 17.8 Å². The molecular formula is C14H14N2O3. The lowest BCUT2D eigenvalue weighted by molar-refractivity contribution is 0.0948. The summed E-state index contributed by atoms with van der Waals surface area (Å²) in [6, 6.07) is 8.29. The molecule has 2 aromatic rings. The molecule has 0 aliphatic rings. The Bertz CT molecular complexity index is 727. The topological polar surface area (TPSA) is 61.1 Å². The van der Waals surface area contributed by atoms with Gasteiger partial charge >= 0.3 is 5.69 Å². The molecule has 0 atom stereocenters. The van der Waals surface area contributed by atoms with E-state index in [4.69, 9.17) is 0 Å². The largest absolute Gasteiger partial charge is 0.337 e. The molecule has 0 amide bonds. The van der Waals surface area contributed by atoms with Crippen LogP contribution in [0, 0.1) is 0 Å². The number of aryl methyl sites for hydroxylation is 2. The van der Waals surface area contributed by atoms with Crippen LogP contribution >= 0.6 is 0 Å². The summed E-state index contributed by atoms with van der Waals surface area (Å²) in [6.45, 7) is 1.80. The fourth-order valence-corrected chi connectivity index (χ4v) is 1.86. The summed E-state index contributed by atoms with van der Waals surface area (Å²) in [5.74, 6) is -0.596. The summed E-state index contributed by atoms with van der Waals surface area (Å²) in [5, 5.41) is 0. The van der Waals surface area contributed by atoms with Gasteiger partial charge in [0.15, 0.2) is 0 Å². The first-order valence-corrected chi connectivity index (χ1v) is 5.97. The first-order chi connectivity index (χ1) is 9.06. The Hall–Kier alpha value is -2.43. The van der Waals surface area contributed by atoms with Gasteiger partial charge in [-0.15, -0.1) is 0 Å². The zero-order valence-electron chi connectivity index (χ0n) is 10.8. The highest BCUT2D eigenvalue weighted by Gasteiger charge is 2.16. The molecule has 0 fully saturated rings. The van der Waals surface area contributed by atoms with Crippen LogP contribution < -0.4 is 11.2 Å². The van der Waals surface area contributed by atoms with Gasteiger partial charge < -0.3 is 4.57 Å². The van der Waals surface area contributed by atoms with Crippen molar-refractivity contribution in [2.45, 2.75) is 13.3 Å². The van der Waals surface area contributed by atoms with E-state index in [-0.39, 0.29) is 0 Å². The SMILES string of the molecule is CCc1cn(C)c(=O)n(C(=O)c2ccccc2)c1=O. The minimum atomic E-state index is -0.629. The van der Waals surface area contributed by atoms with Crippen molar-refractivity contribution in [3.8, 4) is 0 Å². The summed E-state index contributed by atoms with van der Waals surface area (Å²) in [4.78, 5) is 36.4. The summed E-state index contributed by atoms with van der Waals surface area (Å²) >= 11 is 0. The molecule has 1 aromatic carbocycles. The minimum absolute atomic E-state index is 0.315. The second-order valence-electron chi connectivity index (χ2n) is 4.21. The van der Waals surface area contributed by atoms with Crippen molar-refractivity contribution >= 4 is 5.91 Å². The number of nitrogens with zero attached hydrogens (tertiary/aromatic N) is 2. The van der Waals surface area contributed by atoms with Crippen molar-refractivity contribution in [1.82, 2.24) is 9.13 Å². The Labute approximate surface area is 109 Å². The Morgan fingerprint density at radius 1 is 1.16 bits per heavy atom. The molecule has 98 valence electrons. The average molecular weight is 258 g/mol. The van der Waals surface area contributed by atoms with Crippen LogP contribution in [-0.2, 0) is 13.5 Å². The van der Waals surface area contributed by atoms with Crippen LogP contribution in [0.15, 0.2) is 46.1 Å². The van der Waals surface area contributed by atoms with Crippen LogP contribution in [0.5, 0.6) is 0 Å². The first-order valence-electron chi connectivity index (χ1n) is 5.97. The maximum absolute atomic E-state index is 12.3. The van der Waals surface area contributed by atoms with Crippen LogP contribution in [0.25, 0.3) is 0 Å². The second kappa shape index (κ2) is 5.06. The average Bonchev–Trinajstić information content (AvgIpc) is 2.44. The highest BCUT2D eigenvalue weighted by molar-refractivity contribution is 5.95. The molecule has 0 N–H and O–H groups in total. The Balaban J connectivity index is 2.70. The van der Waals surface area contributed by atoms with E-state index >= 15 is 0 Å². The molecule has 0 unspecified atom stereocenters. The van der Waals surface area contributed by atoms with Gasteiger partial charge in [0.25, 0.3) is 11.5 Å². The number of rotatable bonds is 2. The molecule has 1 heterocycles. The predicted molar refractivity (Wildman–Crippen MR) is 71.5 cm³/mol. The molecule has 0 bridgehead atoms. The predicted octanol–water partition coefficient (Wildman–Crippen LogP) is 0.798. The summed E-state index contributed by atoms with van der Waals surface area (Å²) in [7, 11) is 1.52. The summed E-state index contributed by atoms with van der Waals surface area (Å²) in [6.07, 6.45) is 1.94. The fraction of sp³-hybridized carbons (Fsp3) is 0.214. The molecule has 19 heavy (non-hydrogen) atoms. The van der Waals surface area contributed by atoms with E-state index in [9.17, 15) is 14.4 Å². The van der Waals surface area contributed by atoms with Gasteiger partial charge in [0, 0.05) is 24.4 Å². The molecule has 0 saturated carbocycles. The fourth-order valence-electron chi connectivity index (χ4n) is 1.86. The van der Waals surface area contributed by atoms with Crippen LogP contribution in [0.3, 0.4) is 0 Å². The highest BCUT2D eigenvalue weighted by atomic mass is 16.2. The number of hydrogen-bond acceptors (Lipinski definition) is 3. The number of carbonyl (C=O) groups is 1. The Morgan fingerprint density at radius 2 is 1.79 bits per heavy atom. The molecule has 0 saturated heterocycles. The van der Waals surface area contributed by atoms with Gasteiger partial charge in [-0.3, -0.25) is 9.59 Å². The number of benzene rings is 1. The molecule has 5 heteroatoms. The maximum atomic E-state index is 12.3. The molecule has 0 aliphatic heterocycles. The zero-order chi connectivity index (χ0) is 14.0. The van der Waals surface area contributed by atoms with Gasteiger partial charge in [-0.1, -0.05) is 25.1 Å². The van der Waals surface area contributed by atoms with Gasteiger partial charge in [-0.2, -0.15) is 4.57 Å². The Morgan fingerprint density at radius 3 is 2.37 bits per heavy atom. The van der Waals surface area contributed by atoms with E-state index in [0.29, 0.717) is 22.1 Å². The molecule has 0 spiro atoms. The highest BCUT2D eigenvalue weighted by Crippen LogP contribution is 2.00.